The maximum absolute atomic E-state index is 14.0. The Balaban J connectivity index is 1.73. The fraction of sp³-hybridized carbons (Fsp3) is 0.214. The van der Waals surface area contributed by atoms with E-state index in [-0.39, 0.29) is 5.82 Å². The maximum atomic E-state index is 14.0. The van der Waals surface area contributed by atoms with Gasteiger partial charge in [0, 0.05) is 25.7 Å². The second-order valence-corrected chi connectivity index (χ2v) is 13.0. The van der Waals surface area contributed by atoms with Crippen LogP contribution in [0.1, 0.15) is 11.3 Å². The normalized spacial score (nSPS) is 19.5. The Morgan fingerprint density at radius 3 is 2.26 bits per heavy atom. The van der Waals surface area contributed by atoms with E-state index in [0.29, 0.717) is 53.7 Å². The summed E-state index contributed by atoms with van der Waals surface area (Å²) in [5.74, 6) is 1.03. The number of morpholine rings is 1. The molecule has 0 bridgehead atoms. The van der Waals surface area contributed by atoms with Gasteiger partial charge in [-0.25, -0.2) is 23.5 Å². The van der Waals surface area contributed by atoms with Crippen LogP contribution in [-0.2, 0) is 4.74 Å². The summed E-state index contributed by atoms with van der Waals surface area (Å²) in [7, 11) is -0.870. The van der Waals surface area contributed by atoms with Crippen LogP contribution in [-0.4, -0.2) is 58.3 Å². The molecule has 2 aliphatic rings. The average molecular weight is 583 g/mol. The van der Waals surface area contributed by atoms with Crippen LogP contribution in [0.2, 0.25) is 10.0 Å². The molecule has 6 rings (SSSR count). The predicted octanol–water partition coefficient (Wildman–Crippen LogP) is 6.97. The molecule has 11 heteroatoms. The van der Waals surface area contributed by atoms with Crippen LogP contribution in [0.15, 0.2) is 82.5 Å². The summed E-state index contributed by atoms with van der Waals surface area (Å²) in [5.41, 5.74) is 2.98. The van der Waals surface area contributed by atoms with Gasteiger partial charge in [0.05, 0.1) is 39.9 Å². The number of aromatic nitrogens is 2. The third-order valence-corrected chi connectivity index (χ3v) is 11.3. The lowest BCUT2D eigenvalue weighted by Gasteiger charge is -2.46. The molecule has 0 spiro atoms. The van der Waals surface area contributed by atoms with Gasteiger partial charge in [0.25, 0.3) is 0 Å². The lowest BCUT2D eigenvalue weighted by Crippen LogP contribution is -2.45. The summed E-state index contributed by atoms with van der Waals surface area (Å²) in [6.45, 7) is 4.41. The van der Waals surface area contributed by atoms with Gasteiger partial charge in [-0.2, -0.15) is 5.10 Å². The maximum Gasteiger partial charge on any atom is 0.170 e. The number of rotatable bonds is 4. The highest BCUT2D eigenvalue weighted by molar-refractivity contribution is 7.70. The van der Waals surface area contributed by atoms with Crippen LogP contribution in [0.25, 0.3) is 5.69 Å². The summed E-state index contributed by atoms with van der Waals surface area (Å²) in [6, 6.07) is 21.7. The van der Waals surface area contributed by atoms with Crippen LogP contribution in [0, 0.1) is 12.7 Å². The lowest BCUT2D eigenvalue weighted by atomic mass is 10.2. The van der Waals surface area contributed by atoms with Crippen LogP contribution in [0.5, 0.6) is 0 Å². The molecular weight excluding hydrogens is 557 g/mol. The number of hydrogen-bond acceptors (Lipinski definition) is 4. The molecule has 1 fully saturated rings. The van der Waals surface area contributed by atoms with Crippen molar-refractivity contribution in [2.45, 2.75) is 6.92 Å². The predicted molar refractivity (Wildman–Crippen MR) is 156 cm³/mol. The molecule has 4 aromatic rings. The Hall–Kier alpha value is -3.00. The van der Waals surface area contributed by atoms with Crippen molar-refractivity contribution in [1.29, 1.82) is 0 Å². The molecule has 1 aromatic heterocycles. The molecule has 0 radical (unpaired) electrons. The first-order chi connectivity index (χ1) is 18.9. The van der Waals surface area contributed by atoms with Gasteiger partial charge in [-0.3, -0.25) is 0 Å². The zero-order valence-corrected chi connectivity index (χ0v) is 23.8. The number of nitrogens with zero attached hydrogens (tertiary/aromatic N) is 6. The molecular formula is C28H26Cl2FN6OP. The number of aryl methyl sites for hydroxylation is 1. The van der Waals surface area contributed by atoms with Crippen LogP contribution in [0.3, 0.4) is 0 Å². The molecule has 0 amide bonds. The standard InChI is InChI=1S/C28H26Cl2FN6OP/c1-19-26-28(37(33-19)22-7-4-3-5-8-22)32-27(20-11-13-21(31)14-12-20)35(2)39(26,36-15-17-38-18-16-36)34-25-23(29)9-6-10-24(25)30/h3-14H,15-18H2,1-2H3. The smallest absolute Gasteiger partial charge is 0.170 e. The number of benzene rings is 3. The van der Waals surface area contributed by atoms with Gasteiger partial charge >= 0.3 is 0 Å². The molecule has 2 aliphatic heterocycles. The van der Waals surface area contributed by atoms with E-state index in [0.717, 1.165) is 22.2 Å². The SMILES string of the molecule is Cc1nn(-c2ccccc2)c2c1P(=Nc1c(Cl)cccc1Cl)(N1CCOCC1)N(C)C(c1ccc(F)cc1)=N2. The van der Waals surface area contributed by atoms with Crippen molar-refractivity contribution in [2.24, 2.45) is 9.74 Å². The van der Waals surface area contributed by atoms with E-state index < -0.39 is 7.36 Å². The second kappa shape index (κ2) is 10.5. The highest BCUT2D eigenvalue weighted by Gasteiger charge is 2.45. The van der Waals surface area contributed by atoms with E-state index in [1.807, 2.05) is 55.1 Å². The van der Waals surface area contributed by atoms with Gasteiger partial charge in [0.15, 0.2) is 13.2 Å². The van der Waals surface area contributed by atoms with Gasteiger partial charge in [-0.15, -0.1) is 0 Å². The molecule has 3 aromatic carbocycles. The van der Waals surface area contributed by atoms with Crippen molar-refractivity contribution in [3.05, 3.63) is 99.9 Å². The van der Waals surface area contributed by atoms with Crippen molar-refractivity contribution in [2.75, 3.05) is 33.4 Å². The van der Waals surface area contributed by atoms with E-state index in [1.54, 1.807) is 24.3 Å². The quantitative estimate of drug-likeness (QED) is 0.244. The minimum Gasteiger partial charge on any atom is -0.379 e. The van der Waals surface area contributed by atoms with E-state index in [2.05, 4.69) is 9.34 Å². The van der Waals surface area contributed by atoms with E-state index >= 15 is 0 Å². The van der Waals surface area contributed by atoms with E-state index in [1.165, 1.54) is 12.1 Å². The average Bonchev–Trinajstić information content (AvgIpc) is 3.29. The van der Waals surface area contributed by atoms with Gasteiger partial charge in [-0.05, 0) is 55.5 Å². The number of fused-ring (bicyclic) bond motifs is 1. The number of amidine groups is 1. The first-order valence-electron chi connectivity index (χ1n) is 12.5. The van der Waals surface area contributed by atoms with E-state index in [9.17, 15) is 4.39 Å². The Kier molecular flexibility index (Phi) is 7.08. The zero-order chi connectivity index (χ0) is 27.1. The summed E-state index contributed by atoms with van der Waals surface area (Å²) in [5, 5.41) is 6.84. The molecule has 7 nitrogen and oxygen atoms in total. The molecule has 39 heavy (non-hydrogen) atoms. The number of aliphatic imine (C=N–C) groups is 1. The topological polar surface area (TPSA) is 58.3 Å². The molecule has 200 valence electrons. The molecule has 3 heterocycles. The van der Waals surface area contributed by atoms with Crippen LogP contribution < -0.4 is 5.30 Å². The van der Waals surface area contributed by atoms with Gasteiger partial charge in [-0.1, -0.05) is 47.5 Å². The van der Waals surface area contributed by atoms with Crippen molar-refractivity contribution >= 4 is 53.2 Å². The molecule has 1 atom stereocenters. The van der Waals surface area contributed by atoms with Gasteiger partial charge in [0.2, 0.25) is 0 Å². The van der Waals surface area contributed by atoms with E-state index in [4.69, 9.17) is 42.8 Å². The molecule has 1 unspecified atom stereocenters. The summed E-state index contributed by atoms with van der Waals surface area (Å²) >= 11 is 13.4. The first-order valence-corrected chi connectivity index (χ1v) is 14.9. The Morgan fingerprint density at radius 2 is 1.59 bits per heavy atom. The zero-order valence-electron chi connectivity index (χ0n) is 21.4. The van der Waals surface area contributed by atoms with Crippen LogP contribution in [0.4, 0.5) is 15.9 Å². The van der Waals surface area contributed by atoms with Gasteiger partial charge < -0.3 is 9.41 Å². The lowest BCUT2D eigenvalue weighted by molar-refractivity contribution is 0.0732. The molecule has 0 N–H and O–H groups in total. The van der Waals surface area contributed by atoms with Crippen molar-refractivity contribution in [1.82, 2.24) is 19.1 Å². The number of hydrogen-bond donors (Lipinski definition) is 0. The van der Waals surface area contributed by atoms with Gasteiger partial charge in [0.1, 0.15) is 17.3 Å². The third kappa shape index (κ3) is 4.50. The Morgan fingerprint density at radius 1 is 0.923 bits per heavy atom. The second-order valence-electron chi connectivity index (χ2n) is 9.28. The monoisotopic (exact) mass is 582 g/mol. The Labute approximate surface area is 236 Å². The molecule has 0 saturated carbocycles. The largest absolute Gasteiger partial charge is 0.379 e. The fourth-order valence-electron chi connectivity index (χ4n) is 5.08. The highest BCUT2D eigenvalue weighted by atomic mass is 35.5. The minimum absolute atomic E-state index is 0.314. The minimum atomic E-state index is -2.86. The first kappa shape index (κ1) is 26.2. The molecule has 1 saturated heterocycles. The summed E-state index contributed by atoms with van der Waals surface area (Å²) in [6.07, 6.45) is 0. The number of halogens is 3. The third-order valence-electron chi connectivity index (χ3n) is 6.90. The summed E-state index contributed by atoms with van der Waals surface area (Å²) < 4.78 is 31.6. The summed E-state index contributed by atoms with van der Waals surface area (Å²) in [4.78, 5) is 5.16. The van der Waals surface area contributed by atoms with Crippen molar-refractivity contribution < 1.29 is 9.13 Å². The van der Waals surface area contributed by atoms with Crippen molar-refractivity contribution in [3.8, 4) is 5.69 Å². The van der Waals surface area contributed by atoms with Crippen molar-refractivity contribution in [3.63, 3.8) is 0 Å². The number of para-hydroxylation sites is 1. The number of ether oxygens (including phenoxy) is 1. The Bertz CT molecular complexity index is 1600. The fourth-order valence-corrected chi connectivity index (χ4v) is 9.54. The molecule has 0 aliphatic carbocycles. The van der Waals surface area contributed by atoms with Crippen LogP contribution >= 0.6 is 30.6 Å². The highest BCUT2D eigenvalue weighted by Crippen LogP contribution is 2.62.